The number of aryl methyl sites for hydroxylation is 1. The second kappa shape index (κ2) is 11.3. The van der Waals surface area contributed by atoms with Crippen LogP contribution in [0.5, 0.6) is 0 Å². The molecule has 5 heterocycles. The Balaban J connectivity index is 0.000000555. The molecule has 13 heteroatoms. The van der Waals surface area contributed by atoms with Gasteiger partial charge in [0.25, 0.3) is 11.8 Å². The Morgan fingerprint density at radius 1 is 1.03 bits per heavy atom. The van der Waals surface area contributed by atoms with Crippen molar-refractivity contribution in [2.24, 2.45) is 7.05 Å². The van der Waals surface area contributed by atoms with E-state index in [0.29, 0.717) is 17.8 Å². The number of rotatable bonds is 5. The number of carbonyl (C=O) groups is 2. The molecule has 0 saturated carbocycles. The number of benzene rings is 1. The van der Waals surface area contributed by atoms with Crippen molar-refractivity contribution in [2.45, 2.75) is 19.4 Å². The quantitative estimate of drug-likeness (QED) is 0.305. The van der Waals surface area contributed by atoms with Gasteiger partial charge in [0.1, 0.15) is 0 Å². The Hall–Kier alpha value is -4.78. The van der Waals surface area contributed by atoms with Gasteiger partial charge in [-0.2, -0.15) is 10.2 Å². The zero-order valence-corrected chi connectivity index (χ0v) is 22.0. The number of H-pyrrole nitrogens is 1. The van der Waals surface area contributed by atoms with Crippen LogP contribution >= 0.6 is 0 Å². The van der Waals surface area contributed by atoms with E-state index in [9.17, 15) is 9.59 Å². The molecule has 2 amide bonds. The molecule has 202 valence electrons. The Labute approximate surface area is 225 Å². The molecular formula is C26H30N10O3. The summed E-state index contributed by atoms with van der Waals surface area (Å²) in [6.45, 7) is 2.66. The third-order valence-corrected chi connectivity index (χ3v) is 6.36. The maximum absolute atomic E-state index is 12.6. The second-order valence-electron chi connectivity index (χ2n) is 9.19. The molecule has 13 nitrogen and oxygen atoms in total. The van der Waals surface area contributed by atoms with E-state index in [1.54, 1.807) is 25.5 Å². The monoisotopic (exact) mass is 530 g/mol. The van der Waals surface area contributed by atoms with Crippen LogP contribution in [0.25, 0.3) is 11.1 Å². The highest BCUT2D eigenvalue weighted by molar-refractivity contribution is 6.04. The predicted molar refractivity (Wildman–Crippen MR) is 146 cm³/mol. The van der Waals surface area contributed by atoms with E-state index < -0.39 is 5.91 Å². The van der Waals surface area contributed by atoms with Gasteiger partial charge in [0.2, 0.25) is 0 Å². The van der Waals surface area contributed by atoms with E-state index in [1.165, 1.54) is 30.8 Å². The highest BCUT2D eigenvalue weighted by Crippen LogP contribution is 2.43. The molecule has 0 radical (unpaired) electrons. The summed E-state index contributed by atoms with van der Waals surface area (Å²) in [5.41, 5.74) is 5.67. The van der Waals surface area contributed by atoms with Crippen LogP contribution in [-0.2, 0) is 18.3 Å². The lowest BCUT2D eigenvalue weighted by Gasteiger charge is -2.30. The Bertz CT molecular complexity index is 1480. The lowest BCUT2D eigenvalue weighted by atomic mass is 9.98. The predicted octanol–water partition coefficient (Wildman–Crippen LogP) is 2.70. The Morgan fingerprint density at radius 2 is 1.85 bits per heavy atom. The zero-order valence-electron chi connectivity index (χ0n) is 22.0. The first-order valence-electron chi connectivity index (χ1n) is 12.6. The highest BCUT2D eigenvalue weighted by Gasteiger charge is 2.25. The minimum atomic E-state index is -0.407. The summed E-state index contributed by atoms with van der Waals surface area (Å²) in [5.74, 6) is -0.597. The molecule has 1 saturated heterocycles. The molecule has 3 aromatic heterocycles. The van der Waals surface area contributed by atoms with Gasteiger partial charge in [-0.3, -0.25) is 19.4 Å². The maximum atomic E-state index is 12.6. The molecular weight excluding hydrogens is 500 g/mol. The molecule has 0 unspecified atom stereocenters. The van der Waals surface area contributed by atoms with Gasteiger partial charge in [-0.25, -0.2) is 0 Å². The third kappa shape index (κ3) is 5.57. The number of carbonyl (C=O) groups excluding carboxylic acids is 2. The molecule has 0 bridgehead atoms. The van der Waals surface area contributed by atoms with Crippen molar-refractivity contribution >= 4 is 34.7 Å². The summed E-state index contributed by atoms with van der Waals surface area (Å²) in [7, 11) is 5.23. The number of aromatic nitrogens is 6. The summed E-state index contributed by atoms with van der Waals surface area (Å²) in [6.07, 6.45) is 7.41. The number of anilines is 4. The molecule has 2 aliphatic heterocycles. The van der Waals surface area contributed by atoms with E-state index >= 15 is 0 Å². The molecule has 0 spiro atoms. The summed E-state index contributed by atoms with van der Waals surface area (Å²) < 4.78 is 6.47. The van der Waals surface area contributed by atoms with Gasteiger partial charge in [0.05, 0.1) is 47.3 Å². The van der Waals surface area contributed by atoms with Crippen LogP contribution in [0.3, 0.4) is 0 Å². The molecule has 1 aromatic carbocycles. The van der Waals surface area contributed by atoms with Crippen LogP contribution in [0, 0.1) is 0 Å². The average molecular weight is 531 g/mol. The number of amides is 2. The smallest absolute Gasteiger partial charge is 0.273 e. The minimum Gasteiger partial charge on any atom is -0.381 e. The Morgan fingerprint density at radius 3 is 2.54 bits per heavy atom. The van der Waals surface area contributed by atoms with Gasteiger partial charge in [-0.1, -0.05) is 12.1 Å². The van der Waals surface area contributed by atoms with Crippen LogP contribution < -0.4 is 20.9 Å². The Kier molecular flexibility index (Phi) is 7.50. The highest BCUT2D eigenvalue weighted by atomic mass is 16.5. The number of fused-ring (bicyclic) bond motifs is 3. The number of nitrogens with zero attached hydrogens (tertiary/aromatic N) is 6. The third-order valence-electron chi connectivity index (χ3n) is 6.36. The number of hydrogen-bond acceptors (Lipinski definition) is 9. The van der Waals surface area contributed by atoms with E-state index in [4.69, 9.17) is 4.74 Å². The van der Waals surface area contributed by atoms with Gasteiger partial charge >= 0.3 is 0 Å². The van der Waals surface area contributed by atoms with Gasteiger partial charge in [0, 0.05) is 57.7 Å². The summed E-state index contributed by atoms with van der Waals surface area (Å²) in [4.78, 5) is 27.1. The number of para-hydroxylation sites is 1. The van der Waals surface area contributed by atoms with Crippen molar-refractivity contribution in [1.29, 1.82) is 0 Å². The van der Waals surface area contributed by atoms with Crippen LogP contribution in [0.4, 0.5) is 22.9 Å². The zero-order chi connectivity index (χ0) is 27.4. The van der Waals surface area contributed by atoms with E-state index in [-0.39, 0.29) is 17.4 Å². The molecule has 1 fully saturated rings. The summed E-state index contributed by atoms with van der Waals surface area (Å²) in [6, 6.07) is 7.45. The molecule has 39 heavy (non-hydrogen) atoms. The average Bonchev–Trinajstić information content (AvgIpc) is 3.72. The van der Waals surface area contributed by atoms with Gasteiger partial charge < -0.3 is 25.6 Å². The summed E-state index contributed by atoms with van der Waals surface area (Å²) in [5, 5.41) is 27.9. The molecule has 6 rings (SSSR count). The molecule has 4 N–H and O–H groups in total. The molecule has 2 aliphatic rings. The lowest BCUT2D eigenvalue weighted by Crippen LogP contribution is -2.24. The van der Waals surface area contributed by atoms with Gasteiger partial charge in [0.15, 0.2) is 11.5 Å². The second-order valence-corrected chi connectivity index (χ2v) is 9.19. The number of nitrogens with one attached hydrogen (secondary N) is 4. The molecule has 4 aromatic rings. The van der Waals surface area contributed by atoms with Crippen LogP contribution in [0.15, 0.2) is 42.9 Å². The standard InChI is InChI=1S/C22H22N10O2.C4H8O/c1-23-22(34)19-16(7-18(29-30-19)27-21(33)12-8-25-32(3)10-12)26-15-6-4-5-13-14-9-24-28-17(14)11-31(2)20(13)15;1-2-4-5-3-1/h4-10H,11H2,1-3H3,(H,23,34)(H,24,28)(H2,26,27,29,33);1-4H2. The summed E-state index contributed by atoms with van der Waals surface area (Å²) >= 11 is 0. The van der Waals surface area contributed by atoms with Crippen molar-refractivity contribution < 1.29 is 14.3 Å². The maximum Gasteiger partial charge on any atom is 0.273 e. The first kappa shape index (κ1) is 25.9. The van der Waals surface area contributed by atoms with Crippen molar-refractivity contribution in [3.05, 3.63) is 59.8 Å². The van der Waals surface area contributed by atoms with E-state index in [0.717, 1.165) is 41.4 Å². The number of aromatic amines is 1. The van der Waals surface area contributed by atoms with Crippen LogP contribution in [0.2, 0.25) is 0 Å². The van der Waals surface area contributed by atoms with Crippen LogP contribution in [0.1, 0.15) is 39.4 Å². The van der Waals surface area contributed by atoms with Crippen LogP contribution in [-0.4, -0.2) is 69.3 Å². The van der Waals surface area contributed by atoms with E-state index in [1.807, 2.05) is 25.2 Å². The SMILES string of the molecule is C1CCOC1.CNC(=O)c1nnc(NC(=O)c2cnn(C)c2)cc1Nc1cccc2c1N(C)Cc1[nH]ncc1-2. The first-order chi connectivity index (χ1) is 18.9. The molecule has 0 atom stereocenters. The first-order valence-corrected chi connectivity index (χ1v) is 12.6. The van der Waals surface area contributed by atoms with Crippen molar-refractivity contribution in [3.8, 4) is 11.1 Å². The fourth-order valence-electron chi connectivity index (χ4n) is 4.47. The van der Waals surface area contributed by atoms with Gasteiger partial charge in [-0.15, -0.1) is 10.2 Å². The van der Waals surface area contributed by atoms with Gasteiger partial charge in [-0.05, 0) is 18.9 Å². The molecule has 0 aliphatic carbocycles. The largest absolute Gasteiger partial charge is 0.381 e. The van der Waals surface area contributed by atoms with Crippen molar-refractivity contribution in [3.63, 3.8) is 0 Å². The van der Waals surface area contributed by atoms with Crippen molar-refractivity contribution in [1.82, 2.24) is 35.5 Å². The fraction of sp³-hybridized carbons (Fsp3) is 0.308. The van der Waals surface area contributed by atoms with E-state index in [2.05, 4.69) is 46.3 Å². The number of hydrogen-bond donors (Lipinski definition) is 4. The lowest BCUT2D eigenvalue weighted by molar-refractivity contribution is 0.0957. The van der Waals surface area contributed by atoms with Crippen molar-refractivity contribution in [2.75, 3.05) is 42.8 Å². The number of ether oxygens (including phenoxy) is 1. The fourth-order valence-corrected chi connectivity index (χ4v) is 4.47. The minimum absolute atomic E-state index is 0.0990. The topological polar surface area (TPSA) is 155 Å². The normalized spacial score (nSPS) is 13.6.